The minimum absolute atomic E-state index is 0.00255. The van der Waals surface area contributed by atoms with Crippen LogP contribution in [0.4, 0.5) is 9.93 Å². The summed E-state index contributed by atoms with van der Waals surface area (Å²) in [6, 6.07) is 9.44. The van der Waals surface area contributed by atoms with Gasteiger partial charge in [0.1, 0.15) is 6.54 Å². The summed E-state index contributed by atoms with van der Waals surface area (Å²) in [4.78, 5) is 31.4. The van der Waals surface area contributed by atoms with Gasteiger partial charge in [-0.2, -0.15) is 0 Å². The minimum Gasteiger partial charge on any atom is -0.334 e. The Hall–Kier alpha value is -2.41. The van der Waals surface area contributed by atoms with Crippen molar-refractivity contribution in [2.75, 3.05) is 18.4 Å². The Morgan fingerprint density at radius 3 is 2.56 bits per heavy atom. The van der Waals surface area contributed by atoms with Gasteiger partial charge < -0.3 is 15.5 Å². The monoisotopic (exact) mass is 360 g/mol. The van der Waals surface area contributed by atoms with Gasteiger partial charge in [-0.25, -0.2) is 9.78 Å². The van der Waals surface area contributed by atoms with Gasteiger partial charge in [0.2, 0.25) is 5.91 Å². The number of carbonyl (C=O) groups excluding carboxylic acids is 2. The van der Waals surface area contributed by atoms with Crippen LogP contribution in [0.15, 0.2) is 36.5 Å². The number of hydrogen-bond acceptors (Lipinski definition) is 4. The molecule has 0 aliphatic rings. The van der Waals surface area contributed by atoms with E-state index >= 15 is 0 Å². The zero-order valence-electron chi connectivity index (χ0n) is 14.8. The smallest absolute Gasteiger partial charge is 0.318 e. The number of hydrogen-bond donors (Lipinski definition) is 2. The van der Waals surface area contributed by atoms with E-state index in [0.29, 0.717) is 18.2 Å². The van der Waals surface area contributed by atoms with Crippen molar-refractivity contribution in [3.05, 3.63) is 47.0 Å². The van der Waals surface area contributed by atoms with Crippen LogP contribution in [-0.4, -0.2) is 34.9 Å². The zero-order chi connectivity index (χ0) is 18.2. The average Bonchev–Trinajstić information content (AvgIpc) is 2.97. The van der Waals surface area contributed by atoms with Gasteiger partial charge >= 0.3 is 6.03 Å². The van der Waals surface area contributed by atoms with E-state index in [9.17, 15) is 9.59 Å². The molecule has 0 saturated heterocycles. The van der Waals surface area contributed by atoms with E-state index in [1.165, 1.54) is 16.2 Å². The van der Waals surface area contributed by atoms with E-state index in [1.807, 2.05) is 51.1 Å². The number of nitrogens with one attached hydrogen (secondary N) is 2. The molecule has 7 heteroatoms. The molecule has 1 aromatic heterocycles. The molecule has 0 aliphatic heterocycles. The van der Waals surface area contributed by atoms with E-state index in [-0.39, 0.29) is 24.4 Å². The maximum atomic E-state index is 12.5. The van der Waals surface area contributed by atoms with Gasteiger partial charge in [-0.3, -0.25) is 4.79 Å². The van der Waals surface area contributed by atoms with Crippen LogP contribution >= 0.6 is 11.3 Å². The summed E-state index contributed by atoms with van der Waals surface area (Å²) in [6.45, 7) is 6.89. The van der Waals surface area contributed by atoms with Crippen LogP contribution < -0.4 is 10.6 Å². The molecule has 134 valence electrons. The van der Waals surface area contributed by atoms with Crippen molar-refractivity contribution in [2.24, 2.45) is 5.92 Å². The zero-order valence-corrected chi connectivity index (χ0v) is 15.6. The molecule has 2 N–H and O–H groups in total. The van der Waals surface area contributed by atoms with Crippen molar-refractivity contribution in [3.63, 3.8) is 0 Å². The third-order valence-corrected chi connectivity index (χ3v) is 4.19. The molecule has 0 bridgehead atoms. The highest BCUT2D eigenvalue weighted by atomic mass is 32.1. The molecule has 2 rings (SSSR count). The fourth-order valence-corrected chi connectivity index (χ4v) is 2.97. The first-order chi connectivity index (χ1) is 11.9. The Kier molecular flexibility index (Phi) is 6.94. The first-order valence-corrected chi connectivity index (χ1v) is 9.04. The number of aryl methyl sites for hydroxylation is 1. The minimum atomic E-state index is -0.247. The molecule has 0 aliphatic carbocycles. The standard InChI is InChI=1S/C18H24N4O2S/c1-13(2)11-22(12-16(23)21-17-19-9-14(3)25-17)18(24)20-10-15-7-5-4-6-8-15/h4-9,13H,10-12H2,1-3H3,(H,20,24)(H,19,21,23). The van der Waals surface area contributed by atoms with Crippen LogP contribution in [0.5, 0.6) is 0 Å². The first kappa shape index (κ1) is 18.9. The van der Waals surface area contributed by atoms with Gasteiger partial charge in [-0.1, -0.05) is 44.2 Å². The van der Waals surface area contributed by atoms with E-state index in [4.69, 9.17) is 0 Å². The largest absolute Gasteiger partial charge is 0.334 e. The molecule has 0 radical (unpaired) electrons. The van der Waals surface area contributed by atoms with Crippen molar-refractivity contribution in [2.45, 2.75) is 27.3 Å². The summed E-state index contributed by atoms with van der Waals surface area (Å²) in [5, 5.41) is 6.17. The maximum absolute atomic E-state index is 12.5. The number of thiazole rings is 1. The van der Waals surface area contributed by atoms with Crippen LogP contribution in [0.1, 0.15) is 24.3 Å². The Balaban J connectivity index is 1.92. The van der Waals surface area contributed by atoms with Gasteiger partial charge in [-0.05, 0) is 18.4 Å². The molecular weight excluding hydrogens is 336 g/mol. The van der Waals surface area contributed by atoms with Crippen LogP contribution in [0.2, 0.25) is 0 Å². The highest BCUT2D eigenvalue weighted by Crippen LogP contribution is 2.16. The van der Waals surface area contributed by atoms with Gasteiger partial charge in [0, 0.05) is 24.2 Å². The lowest BCUT2D eigenvalue weighted by molar-refractivity contribution is -0.116. The van der Waals surface area contributed by atoms with Crippen LogP contribution in [-0.2, 0) is 11.3 Å². The summed E-state index contributed by atoms with van der Waals surface area (Å²) in [5.74, 6) is 0.0160. The van der Waals surface area contributed by atoms with Crippen molar-refractivity contribution in [1.82, 2.24) is 15.2 Å². The van der Waals surface area contributed by atoms with E-state index < -0.39 is 0 Å². The first-order valence-electron chi connectivity index (χ1n) is 8.23. The summed E-state index contributed by atoms with van der Waals surface area (Å²) in [5.41, 5.74) is 1.02. The number of urea groups is 1. The molecule has 3 amide bonds. The molecule has 0 fully saturated rings. The summed E-state index contributed by atoms with van der Waals surface area (Å²) >= 11 is 1.41. The van der Waals surface area contributed by atoms with Crippen LogP contribution in [0.3, 0.4) is 0 Å². The molecular formula is C18H24N4O2S. The topological polar surface area (TPSA) is 74.3 Å². The van der Waals surface area contributed by atoms with Crippen LogP contribution in [0.25, 0.3) is 0 Å². The fourth-order valence-electron chi connectivity index (χ4n) is 2.29. The lowest BCUT2D eigenvalue weighted by Crippen LogP contribution is -2.45. The van der Waals surface area contributed by atoms with Gasteiger partial charge in [0.05, 0.1) is 0 Å². The summed E-state index contributed by atoms with van der Waals surface area (Å²) in [7, 11) is 0. The second-order valence-electron chi connectivity index (χ2n) is 6.24. The van der Waals surface area contributed by atoms with Crippen molar-refractivity contribution < 1.29 is 9.59 Å². The third kappa shape index (κ3) is 6.54. The number of anilines is 1. The summed E-state index contributed by atoms with van der Waals surface area (Å²) in [6.07, 6.45) is 1.71. The van der Waals surface area contributed by atoms with Gasteiger partial charge in [0.15, 0.2) is 5.13 Å². The van der Waals surface area contributed by atoms with E-state index in [2.05, 4.69) is 15.6 Å². The normalized spacial score (nSPS) is 10.6. The lowest BCUT2D eigenvalue weighted by Gasteiger charge is -2.24. The maximum Gasteiger partial charge on any atom is 0.318 e. The Morgan fingerprint density at radius 2 is 1.96 bits per heavy atom. The van der Waals surface area contributed by atoms with Crippen molar-refractivity contribution in [1.29, 1.82) is 0 Å². The second-order valence-corrected chi connectivity index (χ2v) is 7.48. The second kappa shape index (κ2) is 9.17. The Labute approximate surface area is 152 Å². The molecule has 25 heavy (non-hydrogen) atoms. The number of rotatable bonds is 7. The van der Waals surface area contributed by atoms with Gasteiger partial charge in [0.25, 0.3) is 0 Å². The predicted molar refractivity (Wildman–Crippen MR) is 101 cm³/mol. The number of benzene rings is 1. The van der Waals surface area contributed by atoms with Crippen LogP contribution in [0, 0.1) is 12.8 Å². The Morgan fingerprint density at radius 1 is 1.24 bits per heavy atom. The molecule has 0 atom stereocenters. The van der Waals surface area contributed by atoms with E-state index in [0.717, 1.165) is 10.4 Å². The molecule has 1 aromatic carbocycles. The predicted octanol–water partition coefficient (Wildman–Crippen LogP) is 3.26. The highest BCUT2D eigenvalue weighted by molar-refractivity contribution is 7.15. The molecule has 0 unspecified atom stereocenters. The lowest BCUT2D eigenvalue weighted by atomic mass is 10.2. The molecule has 0 spiro atoms. The number of nitrogens with zero attached hydrogens (tertiary/aromatic N) is 2. The SMILES string of the molecule is Cc1cnc(NC(=O)CN(CC(C)C)C(=O)NCc2ccccc2)s1. The number of aromatic nitrogens is 1. The van der Waals surface area contributed by atoms with Gasteiger partial charge in [-0.15, -0.1) is 11.3 Å². The number of carbonyl (C=O) groups is 2. The number of amides is 3. The Bertz CT molecular complexity index is 700. The van der Waals surface area contributed by atoms with Crippen molar-refractivity contribution in [3.8, 4) is 0 Å². The quantitative estimate of drug-likeness (QED) is 0.796. The fraction of sp³-hybridized carbons (Fsp3) is 0.389. The third-order valence-electron chi connectivity index (χ3n) is 3.36. The summed E-state index contributed by atoms with van der Waals surface area (Å²) < 4.78 is 0. The molecule has 6 nitrogen and oxygen atoms in total. The average molecular weight is 360 g/mol. The van der Waals surface area contributed by atoms with Crippen molar-refractivity contribution >= 4 is 28.4 Å². The highest BCUT2D eigenvalue weighted by Gasteiger charge is 2.18. The molecule has 2 aromatic rings. The molecule has 1 heterocycles. The molecule has 0 saturated carbocycles. The van der Waals surface area contributed by atoms with E-state index in [1.54, 1.807) is 6.20 Å².